The zero-order valence-corrected chi connectivity index (χ0v) is 8.40. The van der Waals surface area contributed by atoms with Gasteiger partial charge in [-0.05, 0) is 18.7 Å². The van der Waals surface area contributed by atoms with E-state index in [1.165, 1.54) is 0 Å². The van der Waals surface area contributed by atoms with Gasteiger partial charge >= 0.3 is 0 Å². The molecule has 1 aliphatic heterocycles. The third-order valence-electron chi connectivity index (χ3n) is 2.54. The van der Waals surface area contributed by atoms with Crippen LogP contribution in [0.15, 0.2) is 18.3 Å². The van der Waals surface area contributed by atoms with Crippen LogP contribution < -0.4 is 11.1 Å². The predicted octanol–water partition coefficient (Wildman–Crippen LogP) is 0.780. The van der Waals surface area contributed by atoms with Gasteiger partial charge in [-0.25, -0.2) is 4.98 Å². The van der Waals surface area contributed by atoms with Crippen LogP contribution in [0.4, 0.5) is 11.5 Å². The van der Waals surface area contributed by atoms with Crippen LogP contribution in [0.25, 0.3) is 0 Å². The second-order valence-electron chi connectivity index (χ2n) is 3.67. The van der Waals surface area contributed by atoms with E-state index >= 15 is 0 Å². The Morgan fingerprint density at radius 2 is 2.36 bits per heavy atom. The molecule has 76 valence electrons. The number of likely N-dealkylation sites (N-methyl/N-ethyl adjacent to an activating group) is 1. The standard InChI is InChI=1S/C10H16N4/c1-2-14-6-9(7-14)13-10-4-3-8(11)5-12-10/h3-5,9H,2,6-7,11H2,1H3,(H,12,13). The first-order chi connectivity index (χ1) is 6.78. The van der Waals surface area contributed by atoms with E-state index in [1.54, 1.807) is 6.20 Å². The largest absolute Gasteiger partial charge is 0.397 e. The number of nitrogens with one attached hydrogen (secondary N) is 1. The lowest BCUT2D eigenvalue weighted by molar-refractivity contribution is 0.171. The molecule has 2 rings (SSSR count). The minimum atomic E-state index is 0.547. The molecule has 1 fully saturated rings. The Labute approximate surface area is 84.1 Å². The van der Waals surface area contributed by atoms with Gasteiger partial charge < -0.3 is 11.1 Å². The maximum absolute atomic E-state index is 5.55. The Balaban J connectivity index is 1.84. The number of anilines is 2. The van der Waals surface area contributed by atoms with Crippen molar-refractivity contribution in [3.8, 4) is 0 Å². The maximum Gasteiger partial charge on any atom is 0.126 e. The van der Waals surface area contributed by atoms with Gasteiger partial charge in [-0.15, -0.1) is 0 Å². The van der Waals surface area contributed by atoms with E-state index in [9.17, 15) is 0 Å². The summed E-state index contributed by atoms with van der Waals surface area (Å²) in [4.78, 5) is 6.58. The molecule has 0 bridgehead atoms. The highest BCUT2D eigenvalue weighted by atomic mass is 15.2. The van der Waals surface area contributed by atoms with Crippen molar-refractivity contribution in [2.45, 2.75) is 13.0 Å². The summed E-state index contributed by atoms with van der Waals surface area (Å²) in [6, 6.07) is 4.33. The van der Waals surface area contributed by atoms with Crippen molar-refractivity contribution in [3.63, 3.8) is 0 Å². The summed E-state index contributed by atoms with van der Waals surface area (Å²) >= 11 is 0. The Bertz CT molecular complexity index is 289. The zero-order valence-electron chi connectivity index (χ0n) is 8.40. The van der Waals surface area contributed by atoms with Crippen molar-refractivity contribution in [3.05, 3.63) is 18.3 Å². The number of nitrogen functional groups attached to an aromatic ring is 1. The van der Waals surface area contributed by atoms with Crippen LogP contribution in [0, 0.1) is 0 Å². The van der Waals surface area contributed by atoms with Crippen molar-refractivity contribution in [1.29, 1.82) is 0 Å². The van der Waals surface area contributed by atoms with Gasteiger partial charge in [-0.3, -0.25) is 4.90 Å². The summed E-state index contributed by atoms with van der Waals surface area (Å²) in [5.74, 6) is 0.917. The Morgan fingerprint density at radius 1 is 1.57 bits per heavy atom. The fourth-order valence-electron chi connectivity index (χ4n) is 1.62. The minimum absolute atomic E-state index is 0.547. The van der Waals surface area contributed by atoms with E-state index in [0.29, 0.717) is 11.7 Å². The molecule has 1 saturated heterocycles. The van der Waals surface area contributed by atoms with Gasteiger partial charge in [0.1, 0.15) is 5.82 Å². The number of pyridine rings is 1. The molecule has 0 amide bonds. The molecule has 2 heterocycles. The van der Waals surface area contributed by atoms with E-state index in [1.807, 2.05) is 12.1 Å². The summed E-state index contributed by atoms with van der Waals surface area (Å²) in [5, 5.41) is 3.36. The lowest BCUT2D eigenvalue weighted by Gasteiger charge is -2.39. The van der Waals surface area contributed by atoms with Gasteiger partial charge in [0.25, 0.3) is 0 Å². The molecule has 0 aromatic carbocycles. The molecule has 0 atom stereocenters. The summed E-state index contributed by atoms with van der Waals surface area (Å²) in [6.07, 6.45) is 1.68. The van der Waals surface area contributed by atoms with Gasteiger partial charge in [0.15, 0.2) is 0 Å². The molecule has 0 spiro atoms. The summed E-state index contributed by atoms with van der Waals surface area (Å²) < 4.78 is 0. The average Bonchev–Trinajstić information content (AvgIpc) is 2.13. The monoisotopic (exact) mass is 192 g/mol. The molecule has 14 heavy (non-hydrogen) atoms. The molecule has 1 aliphatic rings. The van der Waals surface area contributed by atoms with Crippen molar-refractivity contribution < 1.29 is 0 Å². The van der Waals surface area contributed by atoms with E-state index in [-0.39, 0.29) is 0 Å². The number of nitrogens with zero attached hydrogens (tertiary/aromatic N) is 2. The smallest absolute Gasteiger partial charge is 0.126 e. The molecule has 3 N–H and O–H groups in total. The topological polar surface area (TPSA) is 54.2 Å². The van der Waals surface area contributed by atoms with E-state index < -0.39 is 0 Å². The molecule has 1 aromatic heterocycles. The number of nitrogens with two attached hydrogens (primary N) is 1. The van der Waals surface area contributed by atoms with Gasteiger partial charge in [-0.2, -0.15) is 0 Å². The normalized spacial score (nSPS) is 17.8. The lowest BCUT2D eigenvalue weighted by Crippen LogP contribution is -2.54. The average molecular weight is 192 g/mol. The van der Waals surface area contributed by atoms with Crippen molar-refractivity contribution >= 4 is 11.5 Å². The van der Waals surface area contributed by atoms with Crippen LogP contribution >= 0.6 is 0 Å². The minimum Gasteiger partial charge on any atom is -0.397 e. The number of likely N-dealkylation sites (tertiary alicyclic amines) is 1. The first-order valence-corrected chi connectivity index (χ1v) is 4.98. The van der Waals surface area contributed by atoms with Crippen LogP contribution in [0.2, 0.25) is 0 Å². The van der Waals surface area contributed by atoms with Gasteiger partial charge in [-0.1, -0.05) is 6.92 Å². The van der Waals surface area contributed by atoms with Crippen molar-refractivity contribution in [2.24, 2.45) is 0 Å². The number of hydrogen-bond acceptors (Lipinski definition) is 4. The highest BCUT2D eigenvalue weighted by molar-refractivity contribution is 5.44. The van der Waals surface area contributed by atoms with E-state index in [2.05, 4.69) is 22.1 Å². The van der Waals surface area contributed by atoms with Gasteiger partial charge in [0.05, 0.1) is 17.9 Å². The molecule has 0 aliphatic carbocycles. The number of hydrogen-bond donors (Lipinski definition) is 2. The highest BCUT2D eigenvalue weighted by Crippen LogP contribution is 2.13. The van der Waals surface area contributed by atoms with E-state index in [4.69, 9.17) is 5.73 Å². The first kappa shape index (κ1) is 9.27. The van der Waals surface area contributed by atoms with Crippen LogP contribution in [0.1, 0.15) is 6.92 Å². The van der Waals surface area contributed by atoms with Crippen LogP contribution in [0.3, 0.4) is 0 Å². The number of aromatic nitrogens is 1. The molecule has 0 radical (unpaired) electrons. The molecule has 1 aromatic rings. The Morgan fingerprint density at radius 3 is 2.93 bits per heavy atom. The van der Waals surface area contributed by atoms with Crippen molar-refractivity contribution in [1.82, 2.24) is 9.88 Å². The lowest BCUT2D eigenvalue weighted by atomic mass is 10.1. The van der Waals surface area contributed by atoms with Crippen LogP contribution in [-0.2, 0) is 0 Å². The van der Waals surface area contributed by atoms with E-state index in [0.717, 1.165) is 25.5 Å². The van der Waals surface area contributed by atoms with Gasteiger partial charge in [0.2, 0.25) is 0 Å². The molecule has 0 unspecified atom stereocenters. The second-order valence-corrected chi connectivity index (χ2v) is 3.67. The fraction of sp³-hybridized carbons (Fsp3) is 0.500. The zero-order chi connectivity index (χ0) is 9.97. The van der Waals surface area contributed by atoms with Crippen LogP contribution in [0.5, 0.6) is 0 Å². The Hall–Kier alpha value is -1.29. The predicted molar refractivity (Wildman–Crippen MR) is 58.2 cm³/mol. The quantitative estimate of drug-likeness (QED) is 0.743. The third-order valence-corrected chi connectivity index (χ3v) is 2.54. The summed E-state index contributed by atoms with van der Waals surface area (Å²) in [5.41, 5.74) is 6.26. The van der Waals surface area contributed by atoms with Crippen LogP contribution in [-0.4, -0.2) is 35.6 Å². The molecular weight excluding hydrogens is 176 g/mol. The fourth-order valence-corrected chi connectivity index (χ4v) is 1.62. The highest BCUT2D eigenvalue weighted by Gasteiger charge is 2.24. The second kappa shape index (κ2) is 3.84. The van der Waals surface area contributed by atoms with Crippen molar-refractivity contribution in [2.75, 3.05) is 30.7 Å². The maximum atomic E-state index is 5.55. The Kier molecular flexibility index (Phi) is 2.54. The SMILES string of the molecule is CCN1CC(Nc2ccc(N)cn2)C1. The summed E-state index contributed by atoms with van der Waals surface area (Å²) in [6.45, 7) is 5.54. The number of rotatable bonds is 3. The third kappa shape index (κ3) is 1.96. The first-order valence-electron chi connectivity index (χ1n) is 4.98. The molecule has 0 saturated carbocycles. The molecule has 4 nitrogen and oxygen atoms in total. The molecule has 4 heteroatoms. The van der Waals surface area contributed by atoms with Gasteiger partial charge in [0, 0.05) is 13.1 Å². The molecular formula is C10H16N4. The summed E-state index contributed by atoms with van der Waals surface area (Å²) in [7, 11) is 0.